The Labute approximate surface area is 115 Å². The molecule has 2 nitrogen and oxygen atoms in total. The van der Waals surface area contributed by atoms with E-state index in [2.05, 4.69) is 12.2 Å². The van der Waals surface area contributed by atoms with Gasteiger partial charge in [0.1, 0.15) is 11.9 Å². The van der Waals surface area contributed by atoms with Crippen LogP contribution in [0.2, 0.25) is 5.02 Å². The molecule has 1 aliphatic heterocycles. The largest absolute Gasteiger partial charge is 0.490 e. The highest BCUT2D eigenvalue weighted by Gasteiger charge is 2.25. The molecule has 1 fully saturated rings. The Kier molecular flexibility index (Phi) is 4.90. The summed E-state index contributed by atoms with van der Waals surface area (Å²) >= 11 is 6.04. The lowest BCUT2D eigenvalue weighted by Crippen LogP contribution is -2.28. The first-order valence-electron chi connectivity index (χ1n) is 6.84. The van der Waals surface area contributed by atoms with E-state index in [1.54, 1.807) is 0 Å². The smallest absolute Gasteiger partial charge is 0.120 e. The minimum absolute atomic E-state index is 0.325. The number of hydrogen-bond donors (Lipinski definition) is 1. The summed E-state index contributed by atoms with van der Waals surface area (Å²) in [4.78, 5) is 0. The van der Waals surface area contributed by atoms with Gasteiger partial charge in [0.15, 0.2) is 0 Å². The molecule has 1 aromatic carbocycles. The number of hydrogen-bond acceptors (Lipinski definition) is 2. The summed E-state index contributed by atoms with van der Waals surface area (Å²) in [5, 5.41) is 4.22. The van der Waals surface area contributed by atoms with Gasteiger partial charge in [-0.3, -0.25) is 0 Å². The zero-order valence-corrected chi connectivity index (χ0v) is 12.0. The highest BCUT2D eigenvalue weighted by molar-refractivity contribution is 6.31. The fraction of sp³-hybridized carbons (Fsp3) is 0.600. The predicted molar refractivity (Wildman–Crippen MR) is 76.5 cm³/mol. The van der Waals surface area contributed by atoms with Gasteiger partial charge in [-0.2, -0.15) is 0 Å². The van der Waals surface area contributed by atoms with Crippen molar-refractivity contribution in [3.63, 3.8) is 0 Å². The molecule has 1 N–H and O–H groups in total. The van der Waals surface area contributed by atoms with E-state index in [9.17, 15) is 0 Å². The summed E-state index contributed by atoms with van der Waals surface area (Å²) < 4.78 is 6.18. The van der Waals surface area contributed by atoms with Crippen molar-refractivity contribution in [2.75, 3.05) is 13.1 Å². The zero-order valence-electron chi connectivity index (χ0n) is 11.2. The van der Waals surface area contributed by atoms with E-state index in [1.807, 2.05) is 25.1 Å². The van der Waals surface area contributed by atoms with Crippen molar-refractivity contribution in [3.05, 3.63) is 28.8 Å². The van der Waals surface area contributed by atoms with E-state index < -0.39 is 0 Å². The molecule has 2 rings (SSSR count). The maximum atomic E-state index is 6.18. The second kappa shape index (κ2) is 6.44. The van der Waals surface area contributed by atoms with Gasteiger partial charge in [-0.05, 0) is 50.1 Å². The van der Waals surface area contributed by atoms with E-state index in [-0.39, 0.29) is 0 Å². The van der Waals surface area contributed by atoms with E-state index in [4.69, 9.17) is 16.3 Å². The van der Waals surface area contributed by atoms with Crippen molar-refractivity contribution in [1.82, 2.24) is 5.32 Å². The Morgan fingerprint density at radius 3 is 2.94 bits per heavy atom. The Hall–Kier alpha value is -0.730. The van der Waals surface area contributed by atoms with Gasteiger partial charge in [0.25, 0.3) is 0 Å². The molecule has 1 aromatic rings. The van der Waals surface area contributed by atoms with Crippen molar-refractivity contribution in [2.45, 2.75) is 39.2 Å². The highest BCUT2D eigenvalue weighted by atomic mass is 35.5. The van der Waals surface area contributed by atoms with Gasteiger partial charge in [0.05, 0.1) is 0 Å². The molecule has 1 saturated heterocycles. The minimum atomic E-state index is 0.325. The molecule has 100 valence electrons. The molecule has 3 heteroatoms. The molecule has 0 radical (unpaired) electrons. The van der Waals surface area contributed by atoms with Gasteiger partial charge in [-0.15, -0.1) is 0 Å². The number of aryl methyl sites for hydroxylation is 1. The maximum absolute atomic E-state index is 6.18. The van der Waals surface area contributed by atoms with Crippen molar-refractivity contribution in [1.29, 1.82) is 0 Å². The summed E-state index contributed by atoms with van der Waals surface area (Å²) in [7, 11) is 0. The molecule has 0 spiro atoms. The molecular weight excluding hydrogens is 246 g/mol. The fourth-order valence-electron chi connectivity index (χ4n) is 2.53. The Morgan fingerprint density at radius 2 is 2.33 bits per heavy atom. The number of rotatable bonds is 5. The monoisotopic (exact) mass is 267 g/mol. The topological polar surface area (TPSA) is 21.3 Å². The predicted octanol–water partition coefficient (Wildman–Crippen LogP) is 3.81. The van der Waals surface area contributed by atoms with Crippen molar-refractivity contribution in [2.24, 2.45) is 5.92 Å². The molecule has 0 amide bonds. The molecule has 1 aliphatic rings. The standard InChI is InChI=1S/C15H22ClNO/c1-3-4-15(12-7-8-17-10-12)18-13-5-6-14(16)11(2)9-13/h5-6,9,12,15,17H,3-4,7-8,10H2,1-2H3/t12-,15+/m0/s1. The van der Waals surface area contributed by atoms with Crippen LogP contribution >= 0.6 is 11.6 Å². The van der Waals surface area contributed by atoms with E-state index in [0.717, 1.165) is 42.3 Å². The second-order valence-electron chi connectivity index (χ2n) is 5.11. The molecule has 1 heterocycles. The SMILES string of the molecule is CCC[C@@H](Oc1ccc(Cl)c(C)c1)[C@H]1CCNC1. The van der Waals surface area contributed by atoms with Crippen LogP contribution in [0.25, 0.3) is 0 Å². The van der Waals surface area contributed by atoms with E-state index in [1.165, 1.54) is 6.42 Å². The molecule has 0 aromatic heterocycles. The molecule has 18 heavy (non-hydrogen) atoms. The average molecular weight is 268 g/mol. The molecular formula is C15H22ClNO. The quantitative estimate of drug-likeness (QED) is 0.876. The lowest BCUT2D eigenvalue weighted by Gasteiger charge is -2.24. The number of nitrogens with one attached hydrogen (secondary N) is 1. The van der Waals surface area contributed by atoms with Gasteiger partial charge >= 0.3 is 0 Å². The van der Waals surface area contributed by atoms with Crippen LogP contribution in [0.4, 0.5) is 0 Å². The third-order valence-electron chi connectivity index (χ3n) is 3.61. The second-order valence-corrected chi connectivity index (χ2v) is 5.52. The molecule has 0 saturated carbocycles. The third kappa shape index (κ3) is 3.39. The molecule has 0 aliphatic carbocycles. The minimum Gasteiger partial charge on any atom is -0.490 e. The summed E-state index contributed by atoms with van der Waals surface area (Å²) in [5.41, 5.74) is 1.08. The summed E-state index contributed by atoms with van der Waals surface area (Å²) in [6, 6.07) is 5.93. The summed E-state index contributed by atoms with van der Waals surface area (Å²) in [6.45, 7) is 6.43. The maximum Gasteiger partial charge on any atom is 0.120 e. The average Bonchev–Trinajstić information content (AvgIpc) is 2.87. The van der Waals surface area contributed by atoms with E-state index >= 15 is 0 Å². The van der Waals surface area contributed by atoms with Crippen molar-refractivity contribution >= 4 is 11.6 Å². The first-order chi connectivity index (χ1) is 8.70. The number of ether oxygens (including phenoxy) is 1. The van der Waals surface area contributed by atoms with Gasteiger partial charge < -0.3 is 10.1 Å². The lowest BCUT2D eigenvalue weighted by atomic mass is 9.97. The van der Waals surface area contributed by atoms with Crippen LogP contribution in [0.5, 0.6) is 5.75 Å². The van der Waals surface area contributed by atoms with Crippen LogP contribution < -0.4 is 10.1 Å². The number of halogens is 1. The van der Waals surface area contributed by atoms with Gasteiger partial charge in [0, 0.05) is 17.5 Å². The molecule has 0 unspecified atom stereocenters. The first-order valence-corrected chi connectivity index (χ1v) is 7.22. The first kappa shape index (κ1) is 13.7. The highest BCUT2D eigenvalue weighted by Crippen LogP contribution is 2.26. The van der Waals surface area contributed by atoms with Gasteiger partial charge in [-0.25, -0.2) is 0 Å². The summed E-state index contributed by atoms with van der Waals surface area (Å²) in [6.07, 6.45) is 3.82. The molecule has 2 atom stereocenters. The van der Waals surface area contributed by atoms with Crippen LogP contribution in [0.15, 0.2) is 18.2 Å². The van der Waals surface area contributed by atoms with Gasteiger partial charge in [0.2, 0.25) is 0 Å². The van der Waals surface area contributed by atoms with Crippen LogP contribution in [0.3, 0.4) is 0 Å². The van der Waals surface area contributed by atoms with Crippen LogP contribution in [0, 0.1) is 12.8 Å². The lowest BCUT2D eigenvalue weighted by molar-refractivity contribution is 0.132. The Bertz CT molecular complexity index is 388. The summed E-state index contributed by atoms with van der Waals surface area (Å²) in [5.74, 6) is 1.59. The fourth-order valence-corrected chi connectivity index (χ4v) is 2.65. The third-order valence-corrected chi connectivity index (χ3v) is 4.04. The van der Waals surface area contributed by atoms with Crippen LogP contribution in [-0.4, -0.2) is 19.2 Å². The Balaban J connectivity index is 2.04. The van der Waals surface area contributed by atoms with Crippen LogP contribution in [-0.2, 0) is 0 Å². The number of benzene rings is 1. The van der Waals surface area contributed by atoms with Gasteiger partial charge in [-0.1, -0.05) is 24.9 Å². The van der Waals surface area contributed by atoms with E-state index in [0.29, 0.717) is 12.0 Å². The van der Waals surface area contributed by atoms with Crippen molar-refractivity contribution in [3.8, 4) is 5.75 Å². The normalized spacial score (nSPS) is 20.9. The molecule has 0 bridgehead atoms. The Morgan fingerprint density at radius 1 is 1.50 bits per heavy atom. The zero-order chi connectivity index (χ0) is 13.0. The van der Waals surface area contributed by atoms with Crippen molar-refractivity contribution < 1.29 is 4.74 Å². The van der Waals surface area contributed by atoms with Crippen LogP contribution in [0.1, 0.15) is 31.7 Å².